The van der Waals surface area contributed by atoms with Gasteiger partial charge in [-0.3, -0.25) is 4.79 Å². The molecule has 1 saturated carbocycles. The van der Waals surface area contributed by atoms with E-state index in [0.717, 1.165) is 29.1 Å². The monoisotopic (exact) mass is 347 g/mol. The van der Waals surface area contributed by atoms with Crippen molar-refractivity contribution in [1.82, 2.24) is 15.3 Å². The van der Waals surface area contributed by atoms with Gasteiger partial charge in [-0.1, -0.05) is 31.0 Å². The molecule has 2 aromatic heterocycles. The highest BCUT2D eigenvalue weighted by molar-refractivity contribution is 8.00. The second kappa shape index (κ2) is 6.77. The van der Waals surface area contributed by atoms with Gasteiger partial charge in [0.2, 0.25) is 5.91 Å². The van der Waals surface area contributed by atoms with Crippen LogP contribution in [0.25, 0.3) is 10.2 Å². The van der Waals surface area contributed by atoms with Crippen molar-refractivity contribution in [3.63, 3.8) is 0 Å². The lowest BCUT2D eigenvalue weighted by Gasteiger charge is -2.22. The molecule has 122 valence electrons. The molecule has 2 heterocycles. The van der Waals surface area contributed by atoms with Crippen molar-refractivity contribution in [2.24, 2.45) is 0 Å². The lowest BCUT2D eigenvalue weighted by Crippen LogP contribution is -2.37. The van der Waals surface area contributed by atoms with Crippen molar-refractivity contribution in [2.45, 2.75) is 62.4 Å². The van der Waals surface area contributed by atoms with Gasteiger partial charge in [0, 0.05) is 16.3 Å². The van der Waals surface area contributed by atoms with Crippen LogP contribution in [0, 0.1) is 0 Å². The molecule has 0 saturated heterocycles. The summed E-state index contributed by atoms with van der Waals surface area (Å²) in [5, 5.41) is 5.37. The molecule has 4 nitrogen and oxygen atoms in total. The van der Waals surface area contributed by atoms with Crippen molar-refractivity contribution in [1.29, 1.82) is 0 Å². The van der Waals surface area contributed by atoms with Gasteiger partial charge in [0.25, 0.3) is 0 Å². The molecular weight excluding hydrogens is 326 g/mol. The lowest BCUT2D eigenvalue weighted by atomic mass is 9.95. The summed E-state index contributed by atoms with van der Waals surface area (Å²) in [6.45, 7) is 0. The van der Waals surface area contributed by atoms with Crippen LogP contribution in [0.15, 0.2) is 11.4 Å². The molecule has 2 aromatic rings. The summed E-state index contributed by atoms with van der Waals surface area (Å²) in [5.74, 6) is 0.591. The van der Waals surface area contributed by atoms with Gasteiger partial charge >= 0.3 is 0 Å². The van der Waals surface area contributed by atoms with Gasteiger partial charge in [0.05, 0.1) is 5.75 Å². The number of nitrogens with zero attached hydrogens (tertiary/aromatic N) is 2. The molecule has 0 unspecified atom stereocenters. The number of thioether (sulfide) groups is 1. The van der Waals surface area contributed by atoms with Crippen LogP contribution in [-0.2, 0) is 17.6 Å². The Bertz CT molecular complexity index is 722. The molecule has 2 aliphatic rings. The van der Waals surface area contributed by atoms with E-state index in [1.807, 2.05) is 0 Å². The SMILES string of the molecule is O=C(CSc1ncnc2sc3c(c12)CCC3)NC1CCCCC1. The number of rotatable bonds is 4. The first-order valence-corrected chi connectivity index (χ1v) is 10.3. The molecule has 2 aliphatic carbocycles. The van der Waals surface area contributed by atoms with E-state index in [2.05, 4.69) is 15.3 Å². The van der Waals surface area contributed by atoms with E-state index >= 15 is 0 Å². The van der Waals surface area contributed by atoms with Gasteiger partial charge in [-0.15, -0.1) is 11.3 Å². The molecule has 0 aliphatic heterocycles. The van der Waals surface area contributed by atoms with Gasteiger partial charge in [-0.2, -0.15) is 0 Å². The fourth-order valence-electron chi connectivity index (χ4n) is 3.66. The fourth-order valence-corrected chi connectivity index (χ4v) is 5.79. The van der Waals surface area contributed by atoms with E-state index in [1.54, 1.807) is 29.4 Å². The topological polar surface area (TPSA) is 54.9 Å². The molecule has 0 radical (unpaired) electrons. The Kier molecular flexibility index (Phi) is 4.53. The van der Waals surface area contributed by atoms with Gasteiger partial charge < -0.3 is 5.32 Å². The Morgan fingerprint density at radius 2 is 2.09 bits per heavy atom. The third-order valence-electron chi connectivity index (χ3n) is 4.78. The first-order valence-electron chi connectivity index (χ1n) is 8.48. The van der Waals surface area contributed by atoms with Crippen molar-refractivity contribution in [3.8, 4) is 0 Å². The number of nitrogens with one attached hydrogen (secondary N) is 1. The molecule has 1 N–H and O–H groups in total. The van der Waals surface area contributed by atoms with E-state index in [0.29, 0.717) is 11.8 Å². The normalized spacial score (nSPS) is 18.3. The Morgan fingerprint density at radius 1 is 1.22 bits per heavy atom. The Morgan fingerprint density at radius 3 is 2.96 bits per heavy atom. The predicted molar refractivity (Wildman–Crippen MR) is 95.2 cm³/mol. The molecule has 1 fully saturated rings. The van der Waals surface area contributed by atoms with E-state index in [1.165, 1.54) is 47.9 Å². The lowest BCUT2D eigenvalue weighted by molar-refractivity contribution is -0.119. The number of thiophene rings is 1. The highest BCUT2D eigenvalue weighted by atomic mass is 32.2. The maximum absolute atomic E-state index is 12.2. The summed E-state index contributed by atoms with van der Waals surface area (Å²) in [5.41, 5.74) is 1.43. The van der Waals surface area contributed by atoms with E-state index in [-0.39, 0.29) is 5.91 Å². The quantitative estimate of drug-likeness (QED) is 0.676. The summed E-state index contributed by atoms with van der Waals surface area (Å²) in [6, 6.07) is 0.382. The number of carbonyl (C=O) groups is 1. The smallest absolute Gasteiger partial charge is 0.230 e. The number of hydrogen-bond acceptors (Lipinski definition) is 5. The molecular formula is C17H21N3OS2. The first-order chi connectivity index (χ1) is 11.3. The minimum absolute atomic E-state index is 0.139. The van der Waals surface area contributed by atoms with Gasteiger partial charge in [-0.25, -0.2) is 9.97 Å². The Labute approximate surface area is 144 Å². The highest BCUT2D eigenvalue weighted by Crippen LogP contribution is 2.39. The standard InChI is InChI=1S/C17H21N3OS2/c21-14(20-11-5-2-1-3-6-11)9-22-16-15-12-7-4-8-13(12)23-17(15)19-10-18-16/h10-11H,1-9H2,(H,20,21). The zero-order valence-corrected chi connectivity index (χ0v) is 14.8. The largest absolute Gasteiger partial charge is 0.353 e. The Hall–Kier alpha value is -1.14. The second-order valence-corrected chi connectivity index (χ2v) is 8.46. The van der Waals surface area contributed by atoms with E-state index < -0.39 is 0 Å². The van der Waals surface area contributed by atoms with Crippen molar-refractivity contribution < 1.29 is 4.79 Å². The van der Waals surface area contributed by atoms with E-state index in [9.17, 15) is 4.79 Å². The molecule has 4 rings (SSSR count). The summed E-state index contributed by atoms with van der Waals surface area (Å²) < 4.78 is 0. The van der Waals surface area contributed by atoms with Crippen molar-refractivity contribution in [3.05, 3.63) is 16.8 Å². The minimum atomic E-state index is 0.139. The zero-order chi connectivity index (χ0) is 15.6. The third kappa shape index (κ3) is 3.24. The summed E-state index contributed by atoms with van der Waals surface area (Å²) in [7, 11) is 0. The van der Waals surface area contributed by atoms with Gasteiger partial charge in [0.1, 0.15) is 16.2 Å². The molecule has 0 bridgehead atoms. The molecule has 6 heteroatoms. The Balaban J connectivity index is 1.44. The molecule has 0 atom stereocenters. The molecule has 0 aromatic carbocycles. The maximum Gasteiger partial charge on any atom is 0.230 e. The van der Waals surface area contributed by atoms with Crippen LogP contribution in [-0.4, -0.2) is 27.7 Å². The van der Waals surface area contributed by atoms with Gasteiger partial charge in [0.15, 0.2) is 0 Å². The number of aryl methyl sites for hydroxylation is 2. The van der Waals surface area contributed by atoms with Crippen LogP contribution in [0.2, 0.25) is 0 Å². The predicted octanol–water partition coefficient (Wildman–Crippen LogP) is 3.72. The van der Waals surface area contributed by atoms with Crippen LogP contribution in [0.4, 0.5) is 0 Å². The maximum atomic E-state index is 12.2. The third-order valence-corrected chi connectivity index (χ3v) is 6.97. The summed E-state index contributed by atoms with van der Waals surface area (Å²) >= 11 is 3.36. The second-order valence-electron chi connectivity index (χ2n) is 6.41. The molecule has 1 amide bonds. The average molecular weight is 348 g/mol. The van der Waals surface area contributed by atoms with E-state index in [4.69, 9.17) is 0 Å². The number of hydrogen-bond donors (Lipinski definition) is 1. The van der Waals surface area contributed by atoms with Crippen LogP contribution in [0.1, 0.15) is 49.0 Å². The number of aromatic nitrogens is 2. The highest BCUT2D eigenvalue weighted by Gasteiger charge is 2.22. The van der Waals surface area contributed by atoms with Crippen molar-refractivity contribution >= 4 is 39.2 Å². The van der Waals surface area contributed by atoms with Crippen LogP contribution >= 0.6 is 23.1 Å². The van der Waals surface area contributed by atoms with Gasteiger partial charge in [-0.05, 0) is 37.7 Å². The minimum Gasteiger partial charge on any atom is -0.353 e. The summed E-state index contributed by atoms with van der Waals surface area (Å²) in [6.07, 6.45) is 11.2. The molecule has 23 heavy (non-hydrogen) atoms. The van der Waals surface area contributed by atoms with Crippen LogP contribution in [0.5, 0.6) is 0 Å². The average Bonchev–Trinajstić information content (AvgIpc) is 3.14. The van der Waals surface area contributed by atoms with Crippen molar-refractivity contribution in [2.75, 3.05) is 5.75 Å². The number of carbonyl (C=O) groups excluding carboxylic acids is 1. The fraction of sp³-hybridized carbons (Fsp3) is 0.588. The number of fused-ring (bicyclic) bond motifs is 3. The summed E-state index contributed by atoms with van der Waals surface area (Å²) in [4.78, 5) is 23.6. The van der Waals surface area contributed by atoms with Crippen LogP contribution in [0.3, 0.4) is 0 Å². The zero-order valence-electron chi connectivity index (χ0n) is 13.1. The molecule has 0 spiro atoms. The first kappa shape index (κ1) is 15.4. The van der Waals surface area contributed by atoms with Crippen LogP contribution < -0.4 is 5.32 Å². The number of amides is 1.